The monoisotopic (exact) mass is 484 g/mol. The van der Waals surface area contributed by atoms with Crippen LogP contribution in [0.2, 0.25) is 5.02 Å². The number of halogens is 1. The van der Waals surface area contributed by atoms with Crippen molar-refractivity contribution in [3.8, 4) is 5.75 Å². The number of rotatable bonds is 10. The van der Waals surface area contributed by atoms with E-state index < -0.39 is 5.25 Å². The molecule has 1 heterocycles. The van der Waals surface area contributed by atoms with Crippen LogP contribution < -0.4 is 10.7 Å². The Morgan fingerprint density at radius 2 is 2.12 bits per heavy atom. The number of phenols is 1. The van der Waals surface area contributed by atoms with Gasteiger partial charge in [-0.05, 0) is 43.2 Å². The second-order valence-corrected chi connectivity index (χ2v) is 8.91. The number of benzene rings is 2. The minimum absolute atomic E-state index is 0.121. The summed E-state index contributed by atoms with van der Waals surface area (Å²) in [4.78, 5) is 12.4. The normalized spacial score (nSPS) is 12.0. The summed E-state index contributed by atoms with van der Waals surface area (Å²) < 4.78 is 1.83. The number of carbonyl (C=O) groups is 1. The van der Waals surface area contributed by atoms with Gasteiger partial charge in [-0.15, -0.1) is 16.8 Å². The van der Waals surface area contributed by atoms with Crippen molar-refractivity contribution in [1.82, 2.24) is 20.2 Å². The Morgan fingerprint density at radius 3 is 2.88 bits per heavy atom. The fourth-order valence-corrected chi connectivity index (χ4v) is 3.90. The molecule has 0 fully saturated rings. The van der Waals surface area contributed by atoms with Crippen LogP contribution in [0.15, 0.2) is 65.4 Å². The van der Waals surface area contributed by atoms with Crippen LogP contribution in [0, 0.1) is 0 Å². The van der Waals surface area contributed by atoms with E-state index >= 15 is 0 Å². The van der Waals surface area contributed by atoms with Crippen molar-refractivity contribution in [3.63, 3.8) is 0 Å². The third-order valence-electron chi connectivity index (χ3n) is 4.75. The molecule has 0 unspecified atom stereocenters. The number of para-hydroxylation sites is 1. The Hall–Kier alpha value is -3.30. The summed E-state index contributed by atoms with van der Waals surface area (Å²) in [5, 5.41) is 26.7. The Morgan fingerprint density at radius 1 is 1.33 bits per heavy atom. The summed E-state index contributed by atoms with van der Waals surface area (Å²) in [5.74, 6) is 0.549. The lowest BCUT2D eigenvalue weighted by Crippen LogP contribution is -2.27. The third kappa shape index (κ3) is 6.59. The Bertz CT molecular complexity index is 1160. The minimum Gasteiger partial charge on any atom is -0.507 e. The van der Waals surface area contributed by atoms with Gasteiger partial charge in [0, 0.05) is 23.3 Å². The number of hydrogen-bond donors (Lipinski definition) is 3. The first-order valence-electron chi connectivity index (χ1n) is 10.2. The van der Waals surface area contributed by atoms with Gasteiger partial charge in [-0.1, -0.05) is 47.6 Å². The lowest BCUT2D eigenvalue weighted by atomic mass is 10.1. The van der Waals surface area contributed by atoms with Crippen LogP contribution in [0.4, 0.5) is 5.69 Å². The van der Waals surface area contributed by atoms with Gasteiger partial charge in [0.1, 0.15) is 5.75 Å². The molecule has 8 nitrogen and oxygen atoms in total. The maximum absolute atomic E-state index is 12.4. The molecule has 10 heteroatoms. The molecule has 0 saturated carbocycles. The van der Waals surface area contributed by atoms with Crippen molar-refractivity contribution in [2.75, 3.05) is 5.32 Å². The average molecular weight is 485 g/mol. The van der Waals surface area contributed by atoms with Crippen molar-refractivity contribution < 1.29 is 9.90 Å². The van der Waals surface area contributed by atoms with Gasteiger partial charge in [0.15, 0.2) is 11.0 Å². The minimum atomic E-state index is -0.459. The van der Waals surface area contributed by atoms with Gasteiger partial charge in [-0.2, -0.15) is 5.10 Å². The molecular weight excluding hydrogens is 460 g/mol. The zero-order chi connectivity index (χ0) is 23.8. The first-order chi connectivity index (χ1) is 15.9. The highest BCUT2D eigenvalue weighted by atomic mass is 35.5. The highest BCUT2D eigenvalue weighted by Crippen LogP contribution is 2.23. The molecule has 1 aromatic heterocycles. The summed E-state index contributed by atoms with van der Waals surface area (Å²) in [5.41, 5.74) is 4.64. The molecule has 0 radical (unpaired) electrons. The van der Waals surface area contributed by atoms with E-state index in [4.69, 9.17) is 11.6 Å². The molecule has 172 valence electrons. The first kappa shape index (κ1) is 24.3. The van der Waals surface area contributed by atoms with Gasteiger partial charge >= 0.3 is 0 Å². The topological polar surface area (TPSA) is 104 Å². The smallest absolute Gasteiger partial charge is 0.253 e. The fourth-order valence-electron chi connectivity index (χ4n) is 2.88. The number of hydrogen-bond acceptors (Lipinski definition) is 7. The molecule has 33 heavy (non-hydrogen) atoms. The zero-order valence-corrected chi connectivity index (χ0v) is 19.9. The van der Waals surface area contributed by atoms with Crippen molar-refractivity contribution in [2.24, 2.45) is 12.1 Å². The third-order valence-corrected chi connectivity index (χ3v) is 6.11. The van der Waals surface area contributed by atoms with Crippen LogP contribution in [0.1, 0.15) is 23.9 Å². The van der Waals surface area contributed by atoms with Crippen LogP contribution in [0.5, 0.6) is 5.75 Å². The van der Waals surface area contributed by atoms with Crippen LogP contribution in [-0.2, 0) is 24.8 Å². The van der Waals surface area contributed by atoms with E-state index in [1.165, 1.54) is 18.0 Å². The van der Waals surface area contributed by atoms with E-state index in [0.29, 0.717) is 28.7 Å². The van der Waals surface area contributed by atoms with Crippen molar-refractivity contribution in [1.29, 1.82) is 0 Å². The first-order valence-corrected chi connectivity index (χ1v) is 11.4. The van der Waals surface area contributed by atoms with Gasteiger partial charge < -0.3 is 15.0 Å². The molecule has 0 spiro atoms. The molecule has 1 amide bonds. The second kappa shape index (κ2) is 11.5. The van der Waals surface area contributed by atoms with Crippen molar-refractivity contribution >= 4 is 41.2 Å². The number of nitrogens with zero attached hydrogens (tertiary/aromatic N) is 4. The Labute approximate surface area is 201 Å². The lowest BCUT2D eigenvalue weighted by Gasteiger charge is -2.10. The van der Waals surface area contributed by atoms with E-state index in [1.807, 2.05) is 48.0 Å². The number of aromatic hydroxyl groups is 1. The molecule has 2 aromatic carbocycles. The van der Waals surface area contributed by atoms with Gasteiger partial charge in [0.05, 0.1) is 18.0 Å². The number of allylic oxidation sites excluding steroid dienone is 1. The molecule has 3 aromatic rings. The number of amides is 1. The van der Waals surface area contributed by atoms with Crippen LogP contribution in [0.25, 0.3) is 0 Å². The van der Waals surface area contributed by atoms with Gasteiger partial charge in [0.2, 0.25) is 0 Å². The quantitative estimate of drug-likeness (QED) is 0.173. The summed E-state index contributed by atoms with van der Waals surface area (Å²) in [6.07, 6.45) is 3.67. The SMILES string of the molecule is C=CCc1cccc(/C=N/NC(=O)[C@H](C)Sc2nnc(CNc3cccc(Cl)c3)n2C)c1O. The van der Waals surface area contributed by atoms with Crippen LogP contribution in [0.3, 0.4) is 0 Å². The van der Waals surface area contributed by atoms with Crippen LogP contribution in [-0.4, -0.2) is 37.2 Å². The molecule has 3 rings (SSSR count). The average Bonchev–Trinajstić information content (AvgIpc) is 3.14. The number of nitrogens with one attached hydrogen (secondary N) is 2. The molecule has 0 aliphatic heterocycles. The highest BCUT2D eigenvalue weighted by Gasteiger charge is 2.18. The molecule has 0 aliphatic carbocycles. The van der Waals surface area contributed by atoms with Crippen molar-refractivity contribution in [3.05, 3.63) is 77.1 Å². The molecular formula is C23H25ClN6O2S. The largest absolute Gasteiger partial charge is 0.507 e. The van der Waals surface area contributed by atoms with Crippen LogP contribution >= 0.6 is 23.4 Å². The molecule has 1 atom stereocenters. The molecule has 0 bridgehead atoms. The molecule has 0 aliphatic rings. The number of thioether (sulfide) groups is 1. The van der Waals surface area contributed by atoms with E-state index in [9.17, 15) is 9.90 Å². The number of carbonyl (C=O) groups excluding carboxylic acids is 1. The Kier molecular flexibility index (Phi) is 8.51. The number of anilines is 1. The second-order valence-electron chi connectivity index (χ2n) is 7.16. The summed E-state index contributed by atoms with van der Waals surface area (Å²) in [7, 11) is 1.85. The maximum Gasteiger partial charge on any atom is 0.253 e. The number of phenolic OH excluding ortho intramolecular Hbond substituents is 1. The van der Waals surface area contributed by atoms with E-state index in [1.54, 1.807) is 19.1 Å². The van der Waals surface area contributed by atoms with Gasteiger partial charge in [-0.25, -0.2) is 5.43 Å². The molecule has 3 N–H and O–H groups in total. The summed E-state index contributed by atoms with van der Waals surface area (Å²) in [6, 6.07) is 12.8. The standard InChI is InChI=1S/C23H25ClN6O2S/c1-4-7-16-8-5-9-17(21(16)31)13-26-28-22(32)15(2)33-23-29-27-20(30(23)3)14-25-19-11-6-10-18(24)12-19/h4-6,8-13,15,25,31H,1,7,14H2,2-3H3,(H,28,32)/b26-13+/t15-/m0/s1. The molecule has 0 saturated heterocycles. The summed E-state index contributed by atoms with van der Waals surface area (Å²) in [6.45, 7) is 5.90. The van der Waals surface area contributed by atoms with E-state index in [0.717, 1.165) is 17.1 Å². The predicted molar refractivity (Wildman–Crippen MR) is 133 cm³/mol. The van der Waals surface area contributed by atoms with Gasteiger partial charge in [0.25, 0.3) is 5.91 Å². The van der Waals surface area contributed by atoms with Gasteiger partial charge in [-0.3, -0.25) is 4.79 Å². The number of aromatic nitrogens is 3. The maximum atomic E-state index is 12.4. The zero-order valence-electron chi connectivity index (χ0n) is 18.3. The summed E-state index contributed by atoms with van der Waals surface area (Å²) >= 11 is 7.28. The number of hydrazone groups is 1. The van der Waals surface area contributed by atoms with Crippen molar-refractivity contribution in [2.45, 2.75) is 30.3 Å². The van der Waals surface area contributed by atoms with E-state index in [-0.39, 0.29) is 11.7 Å². The highest BCUT2D eigenvalue weighted by molar-refractivity contribution is 8.00. The lowest BCUT2D eigenvalue weighted by molar-refractivity contribution is -0.120. The van der Waals surface area contributed by atoms with E-state index in [2.05, 4.69) is 32.6 Å². The predicted octanol–water partition coefficient (Wildman–Crippen LogP) is 4.15. The fraction of sp³-hybridized carbons (Fsp3) is 0.217. The Balaban J connectivity index is 1.55.